The van der Waals surface area contributed by atoms with Crippen molar-refractivity contribution in [2.75, 3.05) is 27.3 Å². The molecule has 5 nitrogen and oxygen atoms in total. The van der Waals surface area contributed by atoms with Crippen molar-refractivity contribution in [3.63, 3.8) is 0 Å². The Morgan fingerprint density at radius 2 is 2.16 bits per heavy atom. The Labute approximate surface area is 113 Å². The van der Waals surface area contributed by atoms with E-state index < -0.39 is 0 Å². The van der Waals surface area contributed by atoms with Gasteiger partial charge >= 0.3 is 0 Å². The number of methoxy groups -OCH3 is 1. The second-order valence-electron chi connectivity index (χ2n) is 5.00. The third-order valence-corrected chi connectivity index (χ3v) is 3.18. The van der Waals surface area contributed by atoms with Gasteiger partial charge < -0.3 is 10.5 Å². The van der Waals surface area contributed by atoms with E-state index in [9.17, 15) is 0 Å². The second-order valence-corrected chi connectivity index (χ2v) is 5.00. The third-order valence-electron chi connectivity index (χ3n) is 3.18. The summed E-state index contributed by atoms with van der Waals surface area (Å²) in [4.78, 5) is 2.18. The predicted molar refractivity (Wildman–Crippen MR) is 76.9 cm³/mol. The van der Waals surface area contributed by atoms with E-state index in [0.717, 1.165) is 24.3 Å². The van der Waals surface area contributed by atoms with Gasteiger partial charge in [0.05, 0.1) is 17.8 Å². The molecule has 0 amide bonds. The number of likely N-dealkylation sites (N-methyl/N-ethyl adjacent to an activating group) is 1. The van der Waals surface area contributed by atoms with Crippen LogP contribution in [0.4, 0.5) is 0 Å². The first-order valence-corrected chi connectivity index (χ1v) is 6.45. The third kappa shape index (κ3) is 3.32. The molecule has 1 atom stereocenters. The number of nitrogens with zero attached hydrogens (tertiary/aromatic N) is 3. The summed E-state index contributed by atoms with van der Waals surface area (Å²) >= 11 is 0. The molecule has 0 radical (unpaired) electrons. The fourth-order valence-electron chi connectivity index (χ4n) is 2.39. The summed E-state index contributed by atoms with van der Waals surface area (Å²) in [6, 6.07) is 8.31. The first-order chi connectivity index (χ1) is 9.11. The van der Waals surface area contributed by atoms with E-state index >= 15 is 0 Å². The molecule has 1 aromatic heterocycles. The number of aryl methyl sites for hydroxylation is 1. The lowest BCUT2D eigenvalue weighted by molar-refractivity contribution is 0.159. The molecule has 1 heterocycles. The lowest BCUT2D eigenvalue weighted by Crippen LogP contribution is -2.38. The average molecular weight is 262 g/mol. The monoisotopic (exact) mass is 262 g/mol. The van der Waals surface area contributed by atoms with Crippen molar-refractivity contribution in [1.82, 2.24) is 14.7 Å². The lowest BCUT2D eigenvalue weighted by Gasteiger charge is -2.19. The number of rotatable bonds is 6. The summed E-state index contributed by atoms with van der Waals surface area (Å²) in [6.07, 6.45) is 0. The van der Waals surface area contributed by atoms with Gasteiger partial charge in [0.2, 0.25) is 0 Å². The second kappa shape index (κ2) is 6.14. The molecule has 0 spiro atoms. The molecule has 1 unspecified atom stereocenters. The van der Waals surface area contributed by atoms with Crippen molar-refractivity contribution in [3.8, 4) is 0 Å². The molecule has 2 N–H and O–H groups in total. The standard InChI is InChI=1S/C14H22N4O/c1-17(8-11(15)10-19-3)9-13-12-6-4-5-7-14(12)18(2)16-13/h4-7,11H,8-10,15H2,1-3H3. The Kier molecular flexibility index (Phi) is 4.52. The van der Waals surface area contributed by atoms with E-state index in [1.807, 2.05) is 23.9 Å². The molecule has 1 aromatic carbocycles. The van der Waals surface area contributed by atoms with Crippen LogP contribution < -0.4 is 5.73 Å². The Balaban J connectivity index is 2.09. The van der Waals surface area contributed by atoms with Crippen molar-refractivity contribution in [2.45, 2.75) is 12.6 Å². The van der Waals surface area contributed by atoms with Crippen LogP contribution in [0.5, 0.6) is 0 Å². The SMILES string of the molecule is COCC(N)CN(C)Cc1nn(C)c2ccccc12. The molecule has 2 rings (SSSR count). The highest BCUT2D eigenvalue weighted by atomic mass is 16.5. The van der Waals surface area contributed by atoms with E-state index in [4.69, 9.17) is 10.5 Å². The van der Waals surface area contributed by atoms with Gasteiger partial charge in [0.15, 0.2) is 0 Å². The molecule has 0 fully saturated rings. The topological polar surface area (TPSA) is 56.3 Å². The Morgan fingerprint density at radius 3 is 2.89 bits per heavy atom. The minimum Gasteiger partial charge on any atom is -0.383 e. The largest absolute Gasteiger partial charge is 0.383 e. The van der Waals surface area contributed by atoms with Crippen LogP contribution in [0.15, 0.2) is 24.3 Å². The van der Waals surface area contributed by atoms with Gasteiger partial charge in [-0.15, -0.1) is 0 Å². The highest BCUT2D eigenvalue weighted by molar-refractivity contribution is 5.81. The number of fused-ring (bicyclic) bond motifs is 1. The van der Waals surface area contributed by atoms with Gasteiger partial charge in [-0.05, 0) is 13.1 Å². The van der Waals surface area contributed by atoms with E-state index in [2.05, 4.69) is 29.2 Å². The minimum absolute atomic E-state index is 0.0324. The van der Waals surface area contributed by atoms with Gasteiger partial charge in [0, 0.05) is 38.7 Å². The highest BCUT2D eigenvalue weighted by Crippen LogP contribution is 2.18. The van der Waals surface area contributed by atoms with Gasteiger partial charge in [0.25, 0.3) is 0 Å². The molecule has 19 heavy (non-hydrogen) atoms. The number of aromatic nitrogens is 2. The number of para-hydroxylation sites is 1. The van der Waals surface area contributed by atoms with Crippen LogP contribution in [0.25, 0.3) is 10.9 Å². The maximum atomic E-state index is 5.96. The number of benzene rings is 1. The molecule has 104 valence electrons. The fourth-order valence-corrected chi connectivity index (χ4v) is 2.39. The molecule has 0 aliphatic rings. The fraction of sp³-hybridized carbons (Fsp3) is 0.500. The van der Waals surface area contributed by atoms with Crippen molar-refractivity contribution in [1.29, 1.82) is 0 Å². The Hall–Kier alpha value is -1.43. The molecule has 5 heteroatoms. The van der Waals surface area contributed by atoms with E-state index in [1.165, 1.54) is 5.39 Å². The molecule has 0 aliphatic carbocycles. The first kappa shape index (κ1) is 14.0. The maximum Gasteiger partial charge on any atom is 0.0843 e. The predicted octanol–water partition coefficient (Wildman–Crippen LogP) is 0.979. The summed E-state index contributed by atoms with van der Waals surface area (Å²) in [7, 11) is 5.70. The number of hydrogen-bond acceptors (Lipinski definition) is 4. The molecule has 0 saturated heterocycles. The zero-order valence-corrected chi connectivity index (χ0v) is 11.8. The van der Waals surface area contributed by atoms with Crippen LogP contribution in [0.1, 0.15) is 5.69 Å². The van der Waals surface area contributed by atoms with Crippen LogP contribution >= 0.6 is 0 Å². The molecule has 0 saturated carbocycles. The van der Waals surface area contributed by atoms with Crippen molar-refractivity contribution < 1.29 is 4.74 Å². The number of nitrogens with two attached hydrogens (primary N) is 1. The maximum absolute atomic E-state index is 5.96. The number of ether oxygens (including phenoxy) is 1. The first-order valence-electron chi connectivity index (χ1n) is 6.45. The normalized spacial score (nSPS) is 13.3. The van der Waals surface area contributed by atoms with Gasteiger partial charge in [0.1, 0.15) is 0 Å². The van der Waals surface area contributed by atoms with Gasteiger partial charge in [-0.3, -0.25) is 9.58 Å². The smallest absolute Gasteiger partial charge is 0.0843 e. The molecule has 2 aromatic rings. The summed E-state index contributed by atoms with van der Waals surface area (Å²) in [5.74, 6) is 0. The number of hydrogen-bond donors (Lipinski definition) is 1. The van der Waals surface area contributed by atoms with Crippen LogP contribution in [0.2, 0.25) is 0 Å². The van der Waals surface area contributed by atoms with E-state index in [1.54, 1.807) is 7.11 Å². The van der Waals surface area contributed by atoms with E-state index in [-0.39, 0.29) is 6.04 Å². The zero-order chi connectivity index (χ0) is 13.8. The van der Waals surface area contributed by atoms with Gasteiger partial charge in [-0.2, -0.15) is 5.10 Å². The van der Waals surface area contributed by atoms with Crippen molar-refractivity contribution in [2.24, 2.45) is 12.8 Å². The van der Waals surface area contributed by atoms with Crippen LogP contribution in [0.3, 0.4) is 0 Å². The van der Waals surface area contributed by atoms with Crippen molar-refractivity contribution in [3.05, 3.63) is 30.0 Å². The van der Waals surface area contributed by atoms with Gasteiger partial charge in [-0.1, -0.05) is 18.2 Å². The molecular formula is C14H22N4O. The molecule has 0 aliphatic heterocycles. The van der Waals surface area contributed by atoms with Crippen LogP contribution in [-0.4, -0.2) is 48.0 Å². The summed E-state index contributed by atoms with van der Waals surface area (Å²) in [6.45, 7) is 2.16. The molecular weight excluding hydrogens is 240 g/mol. The van der Waals surface area contributed by atoms with Gasteiger partial charge in [-0.25, -0.2) is 0 Å². The minimum atomic E-state index is 0.0324. The van der Waals surface area contributed by atoms with E-state index in [0.29, 0.717) is 6.61 Å². The average Bonchev–Trinajstić information content (AvgIpc) is 2.67. The lowest BCUT2D eigenvalue weighted by atomic mass is 10.2. The van der Waals surface area contributed by atoms with Crippen LogP contribution in [0, 0.1) is 0 Å². The zero-order valence-electron chi connectivity index (χ0n) is 11.8. The summed E-state index contributed by atoms with van der Waals surface area (Å²) in [5, 5.41) is 5.79. The molecule has 0 bridgehead atoms. The highest BCUT2D eigenvalue weighted by Gasteiger charge is 2.12. The Morgan fingerprint density at radius 1 is 1.42 bits per heavy atom. The Bertz CT molecular complexity index is 537. The van der Waals surface area contributed by atoms with Crippen LogP contribution in [-0.2, 0) is 18.3 Å². The summed E-state index contributed by atoms with van der Waals surface area (Å²) in [5.41, 5.74) is 8.21. The quantitative estimate of drug-likeness (QED) is 0.843. The van der Waals surface area contributed by atoms with Crippen molar-refractivity contribution >= 4 is 10.9 Å². The summed E-state index contributed by atoms with van der Waals surface area (Å²) < 4.78 is 6.98.